The Morgan fingerprint density at radius 3 is 2.83 bits per heavy atom. The van der Waals surface area contributed by atoms with E-state index in [2.05, 4.69) is 0 Å². The van der Waals surface area contributed by atoms with E-state index in [0.717, 1.165) is 12.5 Å². The zero-order valence-electron chi connectivity index (χ0n) is 9.77. The monoisotopic (exact) mass is 254 g/mol. The lowest BCUT2D eigenvalue weighted by atomic mass is 10.1. The molecule has 98 valence electrons. The maximum absolute atomic E-state index is 13.8. The number of rotatable bonds is 2. The van der Waals surface area contributed by atoms with Gasteiger partial charge in [0.1, 0.15) is 5.82 Å². The molecular formula is C12H15FN2O3. The van der Waals surface area contributed by atoms with Gasteiger partial charge in [-0.05, 0) is 25.0 Å². The second-order valence-corrected chi connectivity index (χ2v) is 4.44. The van der Waals surface area contributed by atoms with Gasteiger partial charge in [-0.2, -0.15) is 0 Å². The van der Waals surface area contributed by atoms with Crippen LogP contribution in [0.1, 0.15) is 23.2 Å². The lowest BCUT2D eigenvalue weighted by Crippen LogP contribution is -2.38. The van der Waals surface area contributed by atoms with Crippen LogP contribution in [0.2, 0.25) is 0 Å². The molecule has 1 fully saturated rings. The summed E-state index contributed by atoms with van der Waals surface area (Å²) in [5, 5.41) is 18.5. The topological polar surface area (TPSA) is 86.8 Å². The Kier molecular flexibility index (Phi) is 3.38. The summed E-state index contributed by atoms with van der Waals surface area (Å²) in [5.41, 5.74) is 5.43. The van der Waals surface area contributed by atoms with Crippen LogP contribution in [0.4, 0.5) is 15.8 Å². The van der Waals surface area contributed by atoms with Crippen molar-refractivity contribution in [3.63, 3.8) is 0 Å². The average Bonchev–Trinajstić information content (AvgIpc) is 2.28. The van der Waals surface area contributed by atoms with Crippen LogP contribution in [0.25, 0.3) is 0 Å². The number of carbonyl (C=O) groups is 1. The van der Waals surface area contributed by atoms with Crippen molar-refractivity contribution in [1.29, 1.82) is 0 Å². The molecule has 18 heavy (non-hydrogen) atoms. The van der Waals surface area contributed by atoms with Crippen molar-refractivity contribution < 1.29 is 19.4 Å². The largest absolute Gasteiger partial charge is 0.478 e. The van der Waals surface area contributed by atoms with Crippen molar-refractivity contribution in [2.24, 2.45) is 0 Å². The molecule has 0 aliphatic carbocycles. The number of nitrogens with two attached hydrogens (primary N) is 1. The van der Waals surface area contributed by atoms with E-state index < -0.39 is 17.9 Å². The predicted octanol–water partition coefficient (Wildman–Crippen LogP) is 1.07. The normalized spacial score (nSPS) is 19.9. The van der Waals surface area contributed by atoms with Gasteiger partial charge in [0.05, 0.1) is 17.4 Å². The molecule has 5 nitrogen and oxygen atoms in total. The summed E-state index contributed by atoms with van der Waals surface area (Å²) >= 11 is 0. The number of aliphatic hydroxyl groups excluding tert-OH is 1. The number of carboxylic acids is 1. The highest BCUT2D eigenvalue weighted by atomic mass is 19.1. The Labute approximate surface area is 104 Å². The lowest BCUT2D eigenvalue weighted by Gasteiger charge is -2.32. The molecule has 1 saturated heterocycles. The van der Waals surface area contributed by atoms with Gasteiger partial charge in [0.15, 0.2) is 0 Å². The van der Waals surface area contributed by atoms with E-state index in [0.29, 0.717) is 19.5 Å². The molecule has 0 aromatic heterocycles. The number of aliphatic hydroxyl groups is 1. The first-order chi connectivity index (χ1) is 8.49. The van der Waals surface area contributed by atoms with Crippen LogP contribution >= 0.6 is 0 Å². The van der Waals surface area contributed by atoms with E-state index in [4.69, 9.17) is 10.8 Å². The molecule has 0 bridgehead atoms. The summed E-state index contributed by atoms with van der Waals surface area (Å²) in [6.45, 7) is 0.900. The number of hydrogen-bond acceptors (Lipinski definition) is 4. The molecular weight excluding hydrogens is 239 g/mol. The minimum atomic E-state index is -1.19. The van der Waals surface area contributed by atoms with Crippen molar-refractivity contribution in [2.75, 3.05) is 23.7 Å². The number of carboxylic acid groups (broad SMARTS) is 1. The summed E-state index contributed by atoms with van der Waals surface area (Å²) < 4.78 is 13.8. The van der Waals surface area contributed by atoms with E-state index in [-0.39, 0.29) is 16.9 Å². The lowest BCUT2D eigenvalue weighted by molar-refractivity contribution is 0.0698. The third-order valence-electron chi connectivity index (χ3n) is 3.09. The van der Waals surface area contributed by atoms with Crippen molar-refractivity contribution in [2.45, 2.75) is 18.9 Å². The number of hydrogen-bond donors (Lipinski definition) is 3. The molecule has 0 spiro atoms. The predicted molar refractivity (Wildman–Crippen MR) is 65.2 cm³/mol. The highest BCUT2D eigenvalue weighted by Crippen LogP contribution is 2.27. The second kappa shape index (κ2) is 4.81. The fourth-order valence-corrected chi connectivity index (χ4v) is 2.18. The van der Waals surface area contributed by atoms with Gasteiger partial charge in [-0.3, -0.25) is 0 Å². The second-order valence-electron chi connectivity index (χ2n) is 4.44. The summed E-state index contributed by atoms with van der Waals surface area (Å²) in [4.78, 5) is 12.6. The maximum atomic E-state index is 13.8. The third kappa shape index (κ3) is 2.38. The SMILES string of the molecule is Nc1cc(F)c(N2CCCC(O)C2)cc1C(=O)O. The minimum absolute atomic E-state index is 0.0960. The number of piperidine rings is 1. The van der Waals surface area contributed by atoms with E-state index >= 15 is 0 Å². The number of nitrogen functional groups attached to an aromatic ring is 1. The molecule has 0 saturated carbocycles. The molecule has 0 radical (unpaired) electrons. The van der Waals surface area contributed by atoms with Gasteiger partial charge in [-0.15, -0.1) is 0 Å². The molecule has 1 aliphatic heterocycles. The number of anilines is 2. The maximum Gasteiger partial charge on any atom is 0.337 e. The molecule has 1 aliphatic rings. The Hall–Kier alpha value is -1.82. The van der Waals surface area contributed by atoms with Gasteiger partial charge in [0.25, 0.3) is 0 Å². The Bertz CT molecular complexity index is 479. The van der Waals surface area contributed by atoms with Crippen LogP contribution in [0.15, 0.2) is 12.1 Å². The first-order valence-electron chi connectivity index (χ1n) is 5.74. The third-order valence-corrected chi connectivity index (χ3v) is 3.09. The molecule has 2 rings (SSSR count). The fourth-order valence-electron chi connectivity index (χ4n) is 2.18. The van der Waals surface area contributed by atoms with Crippen LogP contribution < -0.4 is 10.6 Å². The summed E-state index contributed by atoms with van der Waals surface area (Å²) in [6, 6.07) is 2.24. The first kappa shape index (κ1) is 12.6. The molecule has 1 aromatic rings. The summed E-state index contributed by atoms with van der Waals surface area (Å²) in [5.74, 6) is -1.75. The van der Waals surface area contributed by atoms with Gasteiger partial charge >= 0.3 is 5.97 Å². The number of halogens is 1. The van der Waals surface area contributed by atoms with Crippen LogP contribution in [0.3, 0.4) is 0 Å². The minimum Gasteiger partial charge on any atom is -0.478 e. The Balaban J connectivity index is 2.37. The van der Waals surface area contributed by atoms with E-state index in [1.807, 2.05) is 0 Å². The zero-order valence-corrected chi connectivity index (χ0v) is 9.77. The Morgan fingerprint density at radius 2 is 2.22 bits per heavy atom. The molecule has 0 amide bonds. The zero-order chi connectivity index (χ0) is 13.3. The molecule has 1 heterocycles. The van der Waals surface area contributed by atoms with Crippen LogP contribution in [-0.4, -0.2) is 35.4 Å². The summed E-state index contributed by atoms with van der Waals surface area (Å²) in [7, 11) is 0. The molecule has 1 atom stereocenters. The quantitative estimate of drug-likeness (QED) is 0.687. The van der Waals surface area contributed by atoms with Crippen molar-refractivity contribution >= 4 is 17.3 Å². The number of nitrogens with zero attached hydrogens (tertiary/aromatic N) is 1. The molecule has 4 N–H and O–H groups in total. The number of aromatic carboxylic acids is 1. The molecule has 1 unspecified atom stereocenters. The standard InChI is InChI=1S/C12H15FN2O3/c13-9-5-10(14)8(12(17)18)4-11(9)15-3-1-2-7(16)6-15/h4-5,7,16H,1-3,6,14H2,(H,17,18). The van der Waals surface area contributed by atoms with Gasteiger partial charge in [-0.25, -0.2) is 9.18 Å². The van der Waals surface area contributed by atoms with Crippen LogP contribution in [0.5, 0.6) is 0 Å². The highest BCUT2D eigenvalue weighted by Gasteiger charge is 2.22. The fraction of sp³-hybridized carbons (Fsp3) is 0.417. The van der Waals surface area contributed by atoms with E-state index in [1.54, 1.807) is 4.90 Å². The van der Waals surface area contributed by atoms with Crippen molar-refractivity contribution in [3.8, 4) is 0 Å². The van der Waals surface area contributed by atoms with Gasteiger partial charge in [0.2, 0.25) is 0 Å². The van der Waals surface area contributed by atoms with Crippen molar-refractivity contribution in [1.82, 2.24) is 0 Å². The van der Waals surface area contributed by atoms with Crippen LogP contribution in [0, 0.1) is 5.82 Å². The number of β-amino-alcohol motifs (C(OH)–C–C–N with tert-alkyl or cyclic N) is 1. The number of benzene rings is 1. The molecule has 6 heteroatoms. The first-order valence-corrected chi connectivity index (χ1v) is 5.74. The average molecular weight is 254 g/mol. The Morgan fingerprint density at radius 1 is 1.50 bits per heavy atom. The van der Waals surface area contributed by atoms with Gasteiger partial charge in [-0.1, -0.05) is 0 Å². The molecule has 1 aromatic carbocycles. The highest BCUT2D eigenvalue weighted by molar-refractivity contribution is 5.95. The smallest absolute Gasteiger partial charge is 0.337 e. The van der Waals surface area contributed by atoms with Gasteiger partial charge in [0, 0.05) is 18.8 Å². The van der Waals surface area contributed by atoms with Crippen molar-refractivity contribution in [3.05, 3.63) is 23.5 Å². The van der Waals surface area contributed by atoms with E-state index in [9.17, 15) is 14.3 Å². The van der Waals surface area contributed by atoms with Gasteiger partial charge < -0.3 is 20.8 Å². The van der Waals surface area contributed by atoms with Crippen LogP contribution in [-0.2, 0) is 0 Å². The van der Waals surface area contributed by atoms with E-state index in [1.165, 1.54) is 6.07 Å². The summed E-state index contributed by atoms with van der Waals surface area (Å²) in [6.07, 6.45) is 0.913.